The van der Waals surface area contributed by atoms with Crippen LogP contribution in [0.4, 0.5) is 5.95 Å². The molecule has 4 N–H and O–H groups in total. The summed E-state index contributed by atoms with van der Waals surface area (Å²) in [5, 5.41) is 11.6. The number of anilines is 1. The molecular weight excluding hydrogens is 186 g/mol. The zero-order chi connectivity index (χ0) is 9.42. The Labute approximate surface area is 79.0 Å². The molecule has 2 heterocycles. The van der Waals surface area contributed by atoms with Gasteiger partial charge in [-0.2, -0.15) is 11.3 Å². The van der Waals surface area contributed by atoms with Gasteiger partial charge in [0, 0.05) is 10.9 Å². The SMILES string of the molecule is Cc1cscc1-c1nnc(N)n1N. The zero-order valence-corrected chi connectivity index (χ0v) is 7.88. The first-order valence-corrected chi connectivity index (χ1v) is 4.63. The van der Waals surface area contributed by atoms with Crippen molar-refractivity contribution in [2.75, 3.05) is 11.6 Å². The first kappa shape index (κ1) is 8.06. The number of rotatable bonds is 1. The van der Waals surface area contributed by atoms with Gasteiger partial charge in [0.15, 0.2) is 5.82 Å². The lowest BCUT2D eigenvalue weighted by Crippen LogP contribution is -2.13. The molecule has 5 nitrogen and oxygen atoms in total. The monoisotopic (exact) mass is 195 g/mol. The minimum atomic E-state index is 0.223. The lowest BCUT2D eigenvalue weighted by Gasteiger charge is -1.99. The summed E-state index contributed by atoms with van der Waals surface area (Å²) >= 11 is 1.60. The second-order valence-electron chi connectivity index (χ2n) is 2.72. The molecule has 2 aromatic rings. The summed E-state index contributed by atoms with van der Waals surface area (Å²) in [6.07, 6.45) is 0. The molecule has 2 rings (SSSR count). The molecule has 2 aromatic heterocycles. The Hall–Kier alpha value is -1.56. The number of nitrogens with two attached hydrogens (primary N) is 2. The lowest BCUT2D eigenvalue weighted by molar-refractivity contribution is 1.02. The smallest absolute Gasteiger partial charge is 0.241 e. The molecule has 0 radical (unpaired) electrons. The molecular formula is C7H9N5S. The molecule has 0 spiro atoms. The molecule has 0 unspecified atom stereocenters. The van der Waals surface area contributed by atoms with Crippen molar-refractivity contribution in [1.82, 2.24) is 14.9 Å². The minimum absolute atomic E-state index is 0.223. The first-order valence-electron chi connectivity index (χ1n) is 3.69. The molecule has 0 amide bonds. The fourth-order valence-electron chi connectivity index (χ4n) is 1.08. The highest BCUT2D eigenvalue weighted by Crippen LogP contribution is 2.24. The fraction of sp³-hybridized carbons (Fsp3) is 0.143. The van der Waals surface area contributed by atoms with Crippen LogP contribution in [0, 0.1) is 6.92 Å². The first-order chi connectivity index (χ1) is 6.20. The van der Waals surface area contributed by atoms with Gasteiger partial charge < -0.3 is 11.6 Å². The van der Waals surface area contributed by atoms with Crippen LogP contribution < -0.4 is 11.6 Å². The quantitative estimate of drug-likeness (QED) is 0.653. The number of nitrogen functional groups attached to an aromatic ring is 2. The second kappa shape index (κ2) is 2.74. The van der Waals surface area contributed by atoms with E-state index in [-0.39, 0.29) is 5.95 Å². The van der Waals surface area contributed by atoms with Crippen molar-refractivity contribution in [3.8, 4) is 11.4 Å². The topological polar surface area (TPSA) is 82.8 Å². The standard InChI is InChI=1S/C7H9N5S/c1-4-2-13-3-5(4)6-10-11-7(8)12(6)9/h2-3H,9H2,1H3,(H2,8,11). The van der Waals surface area contributed by atoms with Gasteiger partial charge in [-0.3, -0.25) is 0 Å². The van der Waals surface area contributed by atoms with Crippen molar-refractivity contribution in [3.05, 3.63) is 16.3 Å². The van der Waals surface area contributed by atoms with Gasteiger partial charge in [0.2, 0.25) is 5.95 Å². The number of thiophene rings is 1. The summed E-state index contributed by atoms with van der Waals surface area (Å²) < 4.78 is 1.29. The zero-order valence-electron chi connectivity index (χ0n) is 7.06. The largest absolute Gasteiger partial charge is 0.366 e. The van der Waals surface area contributed by atoms with E-state index in [0.29, 0.717) is 5.82 Å². The number of nitrogens with zero attached hydrogens (tertiary/aromatic N) is 3. The van der Waals surface area contributed by atoms with E-state index < -0.39 is 0 Å². The van der Waals surface area contributed by atoms with Gasteiger partial charge in [0.25, 0.3) is 0 Å². The van der Waals surface area contributed by atoms with E-state index >= 15 is 0 Å². The predicted molar refractivity (Wildman–Crippen MR) is 52.6 cm³/mol. The van der Waals surface area contributed by atoms with Gasteiger partial charge in [-0.1, -0.05) is 0 Å². The maximum Gasteiger partial charge on any atom is 0.241 e. The third kappa shape index (κ3) is 1.15. The minimum Gasteiger partial charge on any atom is -0.366 e. The third-order valence-corrected chi connectivity index (χ3v) is 2.68. The Bertz CT molecular complexity index is 430. The van der Waals surface area contributed by atoms with Crippen LogP contribution in [-0.2, 0) is 0 Å². The van der Waals surface area contributed by atoms with E-state index in [1.807, 2.05) is 17.7 Å². The van der Waals surface area contributed by atoms with E-state index in [1.165, 1.54) is 4.68 Å². The Kier molecular flexibility index (Phi) is 1.70. The molecule has 0 atom stereocenters. The maximum absolute atomic E-state index is 5.63. The predicted octanol–water partition coefficient (Wildman–Crippen LogP) is 0.611. The van der Waals surface area contributed by atoms with Crippen molar-refractivity contribution in [3.63, 3.8) is 0 Å². The number of hydrogen-bond acceptors (Lipinski definition) is 5. The number of aryl methyl sites for hydroxylation is 1. The van der Waals surface area contributed by atoms with Crippen molar-refractivity contribution in [1.29, 1.82) is 0 Å². The fourth-order valence-corrected chi connectivity index (χ4v) is 1.90. The molecule has 6 heteroatoms. The summed E-state index contributed by atoms with van der Waals surface area (Å²) in [4.78, 5) is 0. The molecule has 0 aliphatic rings. The van der Waals surface area contributed by atoms with Crippen LogP contribution in [0.2, 0.25) is 0 Å². The Morgan fingerprint density at radius 2 is 2.15 bits per heavy atom. The van der Waals surface area contributed by atoms with E-state index in [9.17, 15) is 0 Å². The molecule has 0 fully saturated rings. The van der Waals surface area contributed by atoms with E-state index in [4.69, 9.17) is 11.6 Å². The summed E-state index contributed by atoms with van der Waals surface area (Å²) in [5.74, 6) is 6.46. The van der Waals surface area contributed by atoms with E-state index in [0.717, 1.165) is 11.1 Å². The summed E-state index contributed by atoms with van der Waals surface area (Å²) in [6, 6.07) is 0. The summed E-state index contributed by atoms with van der Waals surface area (Å²) in [6.45, 7) is 2.00. The van der Waals surface area contributed by atoms with Gasteiger partial charge in [0.1, 0.15) is 0 Å². The molecule has 0 aliphatic heterocycles. The van der Waals surface area contributed by atoms with Crippen molar-refractivity contribution < 1.29 is 0 Å². The maximum atomic E-state index is 5.63. The normalized spacial score (nSPS) is 10.5. The second-order valence-corrected chi connectivity index (χ2v) is 3.46. The summed E-state index contributed by atoms with van der Waals surface area (Å²) in [7, 11) is 0. The van der Waals surface area contributed by atoms with E-state index in [2.05, 4.69) is 10.2 Å². The molecule has 0 bridgehead atoms. The average Bonchev–Trinajstić information content (AvgIpc) is 2.62. The van der Waals surface area contributed by atoms with Gasteiger partial charge in [-0.15, -0.1) is 10.2 Å². The highest BCUT2D eigenvalue weighted by molar-refractivity contribution is 7.08. The molecule has 0 aromatic carbocycles. The van der Waals surface area contributed by atoms with E-state index in [1.54, 1.807) is 11.3 Å². The van der Waals surface area contributed by atoms with Gasteiger partial charge >= 0.3 is 0 Å². The molecule has 13 heavy (non-hydrogen) atoms. The van der Waals surface area contributed by atoms with Crippen molar-refractivity contribution in [2.24, 2.45) is 0 Å². The van der Waals surface area contributed by atoms with Crippen LogP contribution in [0.1, 0.15) is 5.56 Å². The summed E-state index contributed by atoms with van der Waals surface area (Å²) in [5.41, 5.74) is 7.58. The third-order valence-electron chi connectivity index (χ3n) is 1.82. The molecule has 68 valence electrons. The Balaban J connectivity index is 2.59. The lowest BCUT2D eigenvalue weighted by atomic mass is 10.2. The Morgan fingerprint density at radius 1 is 1.38 bits per heavy atom. The van der Waals surface area contributed by atoms with Crippen molar-refractivity contribution in [2.45, 2.75) is 6.92 Å². The number of hydrogen-bond donors (Lipinski definition) is 2. The highest BCUT2D eigenvalue weighted by Gasteiger charge is 2.11. The van der Waals surface area contributed by atoms with Crippen LogP contribution in [-0.4, -0.2) is 14.9 Å². The molecule has 0 saturated carbocycles. The van der Waals surface area contributed by atoms with Crippen LogP contribution in [0.15, 0.2) is 10.8 Å². The highest BCUT2D eigenvalue weighted by atomic mass is 32.1. The van der Waals surface area contributed by atoms with Crippen LogP contribution in [0.3, 0.4) is 0 Å². The van der Waals surface area contributed by atoms with Gasteiger partial charge in [0.05, 0.1) is 0 Å². The van der Waals surface area contributed by atoms with Crippen LogP contribution in [0.25, 0.3) is 11.4 Å². The number of aromatic nitrogens is 3. The molecule has 0 aliphatic carbocycles. The average molecular weight is 195 g/mol. The molecule has 0 saturated heterocycles. The Morgan fingerprint density at radius 3 is 2.62 bits per heavy atom. The van der Waals surface area contributed by atoms with Crippen LogP contribution in [0.5, 0.6) is 0 Å². The van der Waals surface area contributed by atoms with Crippen LogP contribution >= 0.6 is 11.3 Å². The van der Waals surface area contributed by atoms with Crippen molar-refractivity contribution >= 4 is 17.3 Å². The van der Waals surface area contributed by atoms with Gasteiger partial charge in [-0.05, 0) is 17.9 Å². The van der Waals surface area contributed by atoms with Gasteiger partial charge in [-0.25, -0.2) is 4.68 Å².